The fourth-order valence-electron chi connectivity index (χ4n) is 7.96. The van der Waals surface area contributed by atoms with Crippen LogP contribution in [-0.4, -0.2) is 96.9 Å². The normalized spacial score (nSPS) is 22.8. The number of hydrogen-bond acceptors (Lipinski definition) is 4. The Bertz CT molecular complexity index is 1520. The summed E-state index contributed by atoms with van der Waals surface area (Å²) in [5, 5.41) is 7.32. The van der Waals surface area contributed by atoms with Crippen molar-refractivity contribution in [1.82, 2.24) is 30.3 Å². The summed E-state index contributed by atoms with van der Waals surface area (Å²) in [7, 11) is 5.71. The summed E-state index contributed by atoms with van der Waals surface area (Å²) in [4.78, 5) is 50.1. The molecule has 2 fully saturated rings. The van der Waals surface area contributed by atoms with Crippen LogP contribution in [0.2, 0.25) is 0 Å². The van der Waals surface area contributed by atoms with Crippen molar-refractivity contribution in [2.75, 3.05) is 47.3 Å². The zero-order valence-corrected chi connectivity index (χ0v) is 26.4. The van der Waals surface area contributed by atoms with Gasteiger partial charge in [-0.2, -0.15) is 0 Å². The van der Waals surface area contributed by atoms with E-state index in [1.165, 1.54) is 5.56 Å². The molecule has 9 heteroatoms. The molecule has 234 valence electrons. The summed E-state index contributed by atoms with van der Waals surface area (Å²) in [6.07, 6.45) is 6.30. The molecule has 2 aromatic carbocycles. The maximum absolute atomic E-state index is 14.4. The Morgan fingerprint density at radius 1 is 1.02 bits per heavy atom. The predicted octanol–water partition coefficient (Wildman–Crippen LogP) is 4.17. The number of hydrogen-bond donors (Lipinski definition) is 3. The summed E-state index contributed by atoms with van der Waals surface area (Å²) < 4.78 is 0. The number of para-hydroxylation sites is 1. The molecule has 2 saturated heterocycles. The van der Waals surface area contributed by atoms with Crippen molar-refractivity contribution in [3.63, 3.8) is 0 Å². The molecular formula is C35H46N6O3. The van der Waals surface area contributed by atoms with E-state index in [1.54, 1.807) is 4.90 Å². The highest BCUT2D eigenvalue weighted by Gasteiger charge is 2.49. The van der Waals surface area contributed by atoms with Gasteiger partial charge >= 0.3 is 6.03 Å². The maximum atomic E-state index is 14.4. The summed E-state index contributed by atoms with van der Waals surface area (Å²) in [6, 6.07) is 15.5. The molecule has 6 rings (SSSR count). The van der Waals surface area contributed by atoms with Gasteiger partial charge in [0.05, 0.1) is 5.92 Å². The molecule has 0 radical (unpaired) electrons. The number of likely N-dealkylation sites (tertiary alicyclic amines) is 2. The first-order valence-corrected chi connectivity index (χ1v) is 16.1. The summed E-state index contributed by atoms with van der Waals surface area (Å²) in [6.45, 7) is 5.04. The van der Waals surface area contributed by atoms with Gasteiger partial charge in [0.1, 0.15) is 6.04 Å². The molecule has 3 aromatic rings. The molecule has 1 spiro atoms. The Morgan fingerprint density at radius 3 is 2.50 bits per heavy atom. The van der Waals surface area contributed by atoms with E-state index in [-0.39, 0.29) is 41.1 Å². The number of fused-ring (bicyclic) bond motifs is 3. The second-order valence-corrected chi connectivity index (χ2v) is 13.5. The number of carbonyl (C=O) groups excluding carboxylic acids is 3. The number of nitrogens with one attached hydrogen (secondary N) is 3. The molecule has 3 heterocycles. The quantitative estimate of drug-likeness (QED) is 0.397. The number of nitrogens with zero attached hydrogens (tertiary/aromatic N) is 3. The van der Waals surface area contributed by atoms with Gasteiger partial charge < -0.3 is 30.3 Å². The smallest absolute Gasteiger partial charge is 0.315 e. The van der Waals surface area contributed by atoms with Crippen LogP contribution in [0.25, 0.3) is 10.9 Å². The Balaban J connectivity index is 1.22. The number of piperidine rings is 2. The molecule has 44 heavy (non-hydrogen) atoms. The number of aromatic nitrogens is 1. The average Bonchev–Trinajstić information content (AvgIpc) is 3.59. The first-order valence-electron chi connectivity index (χ1n) is 16.1. The van der Waals surface area contributed by atoms with Crippen molar-refractivity contribution >= 4 is 28.7 Å². The highest BCUT2D eigenvalue weighted by molar-refractivity contribution is 5.90. The standard InChI is InChI=1S/C35H46N6O3/c1-23(28-21-36-30-14-8-6-12-26(28)30)31(38-34(44)37-24-10-9-17-40(4)22-24)33(43)41-18-15-35(16-19-41)20-27(32(42)39(2)3)25-11-5-7-13-29(25)35/h5-8,11-14,21,23-24,27,31,36H,9-10,15-20,22H2,1-4H3,(H2,37,38,44)/t23-,24?,27-,31-/m1/s1. The minimum Gasteiger partial charge on any atom is -0.361 e. The van der Waals surface area contributed by atoms with Gasteiger partial charge in [-0.25, -0.2) is 4.79 Å². The molecule has 9 nitrogen and oxygen atoms in total. The lowest BCUT2D eigenvalue weighted by atomic mass is 9.73. The molecular weight excluding hydrogens is 552 g/mol. The van der Waals surface area contributed by atoms with E-state index < -0.39 is 6.04 Å². The second kappa shape index (κ2) is 12.3. The molecule has 0 bridgehead atoms. The van der Waals surface area contributed by atoms with Crippen LogP contribution in [0.4, 0.5) is 4.79 Å². The molecule has 1 aliphatic carbocycles. The number of rotatable bonds is 6. The summed E-state index contributed by atoms with van der Waals surface area (Å²) in [5.74, 6) is -0.313. The second-order valence-electron chi connectivity index (χ2n) is 13.5. The van der Waals surface area contributed by atoms with E-state index in [0.717, 1.165) is 67.2 Å². The molecule has 1 aromatic heterocycles. The van der Waals surface area contributed by atoms with Crippen LogP contribution in [0.15, 0.2) is 54.7 Å². The van der Waals surface area contributed by atoms with Gasteiger partial charge in [-0.1, -0.05) is 49.4 Å². The topological polar surface area (TPSA) is 101 Å². The van der Waals surface area contributed by atoms with Crippen LogP contribution in [0.3, 0.4) is 0 Å². The van der Waals surface area contributed by atoms with Gasteiger partial charge in [0, 0.05) is 68.2 Å². The average molecular weight is 599 g/mol. The third-order valence-electron chi connectivity index (χ3n) is 10.4. The maximum Gasteiger partial charge on any atom is 0.315 e. The first kappa shape index (κ1) is 30.2. The van der Waals surface area contributed by atoms with Gasteiger partial charge in [-0.3, -0.25) is 9.59 Å². The fourth-order valence-corrected chi connectivity index (χ4v) is 7.96. The van der Waals surface area contributed by atoms with Crippen molar-refractivity contribution in [1.29, 1.82) is 0 Å². The van der Waals surface area contributed by atoms with Gasteiger partial charge in [0.15, 0.2) is 0 Å². The lowest BCUT2D eigenvalue weighted by Crippen LogP contribution is -2.57. The largest absolute Gasteiger partial charge is 0.361 e. The van der Waals surface area contributed by atoms with Crippen molar-refractivity contribution in [3.05, 3.63) is 71.4 Å². The Kier molecular flexibility index (Phi) is 8.42. The van der Waals surface area contributed by atoms with Crippen LogP contribution in [0, 0.1) is 0 Å². The highest BCUT2D eigenvalue weighted by atomic mass is 16.2. The Morgan fingerprint density at radius 2 is 1.75 bits per heavy atom. The number of likely N-dealkylation sites (N-methyl/N-ethyl adjacent to an activating group) is 2. The number of carbonyl (C=O) groups is 3. The highest BCUT2D eigenvalue weighted by Crippen LogP contribution is 2.52. The molecule has 0 saturated carbocycles. The molecule has 4 amide bonds. The Labute approximate surface area is 260 Å². The van der Waals surface area contributed by atoms with E-state index in [4.69, 9.17) is 0 Å². The van der Waals surface area contributed by atoms with Gasteiger partial charge in [-0.15, -0.1) is 0 Å². The lowest BCUT2D eigenvalue weighted by molar-refractivity contribution is -0.136. The minimum absolute atomic E-state index is 0.0549. The number of aromatic amines is 1. The predicted molar refractivity (Wildman–Crippen MR) is 173 cm³/mol. The van der Waals surface area contributed by atoms with Crippen LogP contribution >= 0.6 is 0 Å². The number of benzene rings is 2. The van der Waals surface area contributed by atoms with Gasteiger partial charge in [0.2, 0.25) is 11.8 Å². The van der Waals surface area contributed by atoms with Crippen molar-refractivity contribution in [2.45, 2.75) is 68.4 Å². The Hall–Kier alpha value is -3.85. The molecule has 1 unspecified atom stereocenters. The van der Waals surface area contributed by atoms with Crippen molar-refractivity contribution < 1.29 is 14.4 Å². The monoisotopic (exact) mass is 598 g/mol. The third-order valence-corrected chi connectivity index (χ3v) is 10.4. The fraction of sp³-hybridized carbons (Fsp3) is 0.514. The van der Waals surface area contributed by atoms with E-state index in [2.05, 4.69) is 51.8 Å². The van der Waals surface area contributed by atoms with Gasteiger partial charge in [-0.05, 0) is 68.5 Å². The number of H-pyrrole nitrogens is 1. The molecule has 4 atom stereocenters. The van der Waals surface area contributed by atoms with E-state index in [9.17, 15) is 14.4 Å². The van der Waals surface area contributed by atoms with Gasteiger partial charge in [0.25, 0.3) is 0 Å². The van der Waals surface area contributed by atoms with Crippen LogP contribution in [-0.2, 0) is 15.0 Å². The van der Waals surface area contributed by atoms with Crippen LogP contribution < -0.4 is 10.6 Å². The van der Waals surface area contributed by atoms with Crippen molar-refractivity contribution in [2.24, 2.45) is 0 Å². The third kappa shape index (κ3) is 5.70. The van der Waals surface area contributed by atoms with E-state index in [0.29, 0.717) is 13.1 Å². The SMILES string of the molecule is C[C@H](c1c[nH]c2ccccc12)[C@@H](NC(=O)NC1CCCN(C)C1)C(=O)N1CCC2(CC1)C[C@@H](C(=O)N(C)C)c1ccccc12. The molecule has 2 aliphatic heterocycles. The molecule has 3 N–H and O–H groups in total. The minimum atomic E-state index is -0.719. The van der Waals surface area contributed by atoms with E-state index >= 15 is 0 Å². The molecule has 3 aliphatic rings. The lowest BCUT2D eigenvalue weighted by Gasteiger charge is -2.42. The van der Waals surface area contributed by atoms with Crippen LogP contribution in [0.1, 0.15) is 67.6 Å². The first-order chi connectivity index (χ1) is 21.2. The van der Waals surface area contributed by atoms with E-state index in [1.807, 2.05) is 56.4 Å². The zero-order valence-electron chi connectivity index (χ0n) is 26.4. The zero-order chi connectivity index (χ0) is 31.0. The summed E-state index contributed by atoms with van der Waals surface area (Å²) in [5.41, 5.74) is 4.28. The number of amides is 4. The van der Waals surface area contributed by atoms with Crippen molar-refractivity contribution in [3.8, 4) is 0 Å². The van der Waals surface area contributed by atoms with Crippen LogP contribution in [0.5, 0.6) is 0 Å². The summed E-state index contributed by atoms with van der Waals surface area (Å²) >= 11 is 0. The number of urea groups is 1.